The van der Waals surface area contributed by atoms with Gasteiger partial charge in [-0.3, -0.25) is 9.59 Å². The van der Waals surface area contributed by atoms with Gasteiger partial charge >= 0.3 is 5.97 Å². The molecule has 5 heteroatoms. The lowest BCUT2D eigenvalue weighted by molar-refractivity contribution is -0.140. The van der Waals surface area contributed by atoms with E-state index in [4.69, 9.17) is 0 Å². The van der Waals surface area contributed by atoms with Gasteiger partial charge in [0, 0.05) is 32.0 Å². The number of ether oxygens (including phenoxy) is 1. The van der Waals surface area contributed by atoms with Gasteiger partial charge in [-0.05, 0) is 37.8 Å². The zero-order valence-electron chi connectivity index (χ0n) is 14.5. The fraction of sp³-hybridized carbons (Fsp3) is 0.579. The molecule has 1 aromatic rings. The number of nitrogens with zero attached hydrogens (tertiary/aromatic N) is 1. The van der Waals surface area contributed by atoms with Gasteiger partial charge in [0.15, 0.2) is 0 Å². The molecule has 1 heterocycles. The first-order chi connectivity index (χ1) is 11.7. The highest BCUT2D eigenvalue weighted by Gasteiger charge is 2.21. The molecule has 2 rings (SSSR count). The summed E-state index contributed by atoms with van der Waals surface area (Å²) in [4.78, 5) is 25.5. The molecule has 0 bridgehead atoms. The van der Waals surface area contributed by atoms with E-state index in [1.807, 2.05) is 6.07 Å². The van der Waals surface area contributed by atoms with E-state index in [1.54, 1.807) is 0 Å². The zero-order valence-corrected chi connectivity index (χ0v) is 14.5. The predicted molar refractivity (Wildman–Crippen MR) is 93.6 cm³/mol. The van der Waals surface area contributed by atoms with Crippen LogP contribution in [0.4, 0.5) is 0 Å². The quantitative estimate of drug-likeness (QED) is 0.741. The molecule has 1 aliphatic rings. The van der Waals surface area contributed by atoms with E-state index in [2.05, 4.69) is 39.2 Å². The van der Waals surface area contributed by atoms with Crippen LogP contribution in [0.5, 0.6) is 0 Å². The third-order valence-corrected chi connectivity index (χ3v) is 4.44. The first-order valence-corrected chi connectivity index (χ1v) is 8.80. The minimum absolute atomic E-state index is 0.0359. The molecule has 1 saturated heterocycles. The number of hydrogen-bond acceptors (Lipinski definition) is 4. The second kappa shape index (κ2) is 10.1. The number of likely N-dealkylation sites (tertiary alicyclic amines) is 1. The Morgan fingerprint density at radius 2 is 2.04 bits per heavy atom. The molecule has 132 valence electrons. The fourth-order valence-electron chi connectivity index (χ4n) is 3.10. The van der Waals surface area contributed by atoms with Crippen LogP contribution in [0, 0.1) is 0 Å². The predicted octanol–water partition coefficient (Wildman–Crippen LogP) is 2.15. The highest BCUT2D eigenvalue weighted by atomic mass is 16.5. The SMILES string of the molecule is COC(=O)CCCC(=O)NC1CCCN(CCc2ccccc2)C1. The molecular formula is C19H28N2O3. The third-order valence-electron chi connectivity index (χ3n) is 4.44. The number of rotatable bonds is 8. The first kappa shape index (κ1) is 18.5. The molecule has 1 fully saturated rings. The normalized spacial score (nSPS) is 18.1. The van der Waals surface area contributed by atoms with Gasteiger partial charge in [0.1, 0.15) is 0 Å². The Balaban J connectivity index is 1.66. The number of benzene rings is 1. The van der Waals surface area contributed by atoms with Crippen molar-refractivity contribution in [3.05, 3.63) is 35.9 Å². The first-order valence-electron chi connectivity index (χ1n) is 8.80. The molecule has 5 nitrogen and oxygen atoms in total. The maximum absolute atomic E-state index is 12.0. The summed E-state index contributed by atoms with van der Waals surface area (Å²) in [6.45, 7) is 3.04. The molecule has 0 radical (unpaired) electrons. The Kier molecular flexibility index (Phi) is 7.75. The summed E-state index contributed by atoms with van der Waals surface area (Å²) in [5.74, 6) is -0.221. The van der Waals surface area contributed by atoms with Crippen LogP contribution in [0.15, 0.2) is 30.3 Å². The lowest BCUT2D eigenvalue weighted by Crippen LogP contribution is -2.48. The van der Waals surface area contributed by atoms with E-state index in [1.165, 1.54) is 12.7 Å². The van der Waals surface area contributed by atoms with E-state index < -0.39 is 0 Å². The Labute approximate surface area is 144 Å². The van der Waals surface area contributed by atoms with Crippen molar-refractivity contribution in [2.45, 2.75) is 44.6 Å². The zero-order chi connectivity index (χ0) is 17.2. The van der Waals surface area contributed by atoms with Crippen molar-refractivity contribution in [2.75, 3.05) is 26.7 Å². The molecule has 1 aromatic carbocycles. The third kappa shape index (κ3) is 6.71. The van der Waals surface area contributed by atoms with Crippen molar-refractivity contribution in [3.8, 4) is 0 Å². The number of methoxy groups -OCH3 is 1. The average molecular weight is 332 g/mol. The van der Waals surface area contributed by atoms with Crippen molar-refractivity contribution in [1.82, 2.24) is 10.2 Å². The van der Waals surface area contributed by atoms with Gasteiger partial charge in [-0.25, -0.2) is 0 Å². The lowest BCUT2D eigenvalue weighted by Gasteiger charge is -2.33. The van der Waals surface area contributed by atoms with Crippen molar-refractivity contribution in [3.63, 3.8) is 0 Å². The molecule has 0 aliphatic carbocycles. The molecule has 24 heavy (non-hydrogen) atoms. The fourth-order valence-corrected chi connectivity index (χ4v) is 3.10. The van der Waals surface area contributed by atoms with E-state index in [-0.39, 0.29) is 17.9 Å². The largest absolute Gasteiger partial charge is 0.469 e. The summed E-state index contributed by atoms with van der Waals surface area (Å²) < 4.78 is 4.58. The number of esters is 1. The number of hydrogen-bond donors (Lipinski definition) is 1. The lowest BCUT2D eigenvalue weighted by atomic mass is 10.0. The van der Waals surface area contributed by atoms with E-state index in [0.29, 0.717) is 19.3 Å². The summed E-state index contributed by atoms with van der Waals surface area (Å²) in [5, 5.41) is 3.11. The second-order valence-corrected chi connectivity index (χ2v) is 6.37. The van der Waals surface area contributed by atoms with Crippen LogP contribution in [0.3, 0.4) is 0 Å². The van der Waals surface area contributed by atoms with Crippen molar-refractivity contribution in [2.24, 2.45) is 0 Å². The highest BCUT2D eigenvalue weighted by molar-refractivity contribution is 5.77. The topological polar surface area (TPSA) is 58.6 Å². The van der Waals surface area contributed by atoms with Crippen LogP contribution in [0.1, 0.15) is 37.7 Å². The van der Waals surface area contributed by atoms with Gasteiger partial charge in [-0.15, -0.1) is 0 Å². The summed E-state index contributed by atoms with van der Waals surface area (Å²) >= 11 is 0. The molecule has 1 aliphatic heterocycles. The van der Waals surface area contributed by atoms with Crippen molar-refractivity contribution >= 4 is 11.9 Å². The molecule has 0 saturated carbocycles. The van der Waals surface area contributed by atoms with Gasteiger partial charge in [0.2, 0.25) is 5.91 Å². The van der Waals surface area contributed by atoms with Crippen LogP contribution in [-0.2, 0) is 20.7 Å². The highest BCUT2D eigenvalue weighted by Crippen LogP contribution is 2.12. The van der Waals surface area contributed by atoms with Crippen LogP contribution in [-0.4, -0.2) is 49.6 Å². The number of carbonyl (C=O) groups is 2. The van der Waals surface area contributed by atoms with Gasteiger partial charge in [0.05, 0.1) is 7.11 Å². The Bertz CT molecular complexity index is 519. The maximum atomic E-state index is 12.0. The van der Waals surface area contributed by atoms with Crippen LogP contribution >= 0.6 is 0 Å². The summed E-state index contributed by atoms with van der Waals surface area (Å²) in [6, 6.07) is 10.7. The number of amides is 1. The van der Waals surface area contributed by atoms with Crippen molar-refractivity contribution < 1.29 is 14.3 Å². The maximum Gasteiger partial charge on any atom is 0.305 e. The molecule has 1 unspecified atom stereocenters. The molecule has 0 aromatic heterocycles. The van der Waals surface area contributed by atoms with Crippen molar-refractivity contribution in [1.29, 1.82) is 0 Å². The molecule has 1 N–H and O–H groups in total. The molecule has 1 atom stereocenters. The summed E-state index contributed by atoms with van der Waals surface area (Å²) in [6.07, 6.45) is 4.42. The van der Waals surface area contributed by atoms with Gasteiger partial charge in [-0.2, -0.15) is 0 Å². The van der Waals surface area contributed by atoms with Crippen LogP contribution in [0.25, 0.3) is 0 Å². The average Bonchev–Trinajstić information content (AvgIpc) is 2.61. The second-order valence-electron chi connectivity index (χ2n) is 6.37. The van der Waals surface area contributed by atoms with E-state index in [9.17, 15) is 9.59 Å². The summed E-state index contributed by atoms with van der Waals surface area (Å²) in [7, 11) is 1.37. The van der Waals surface area contributed by atoms with Gasteiger partial charge < -0.3 is 15.0 Å². The minimum Gasteiger partial charge on any atom is -0.469 e. The van der Waals surface area contributed by atoms with E-state index >= 15 is 0 Å². The smallest absolute Gasteiger partial charge is 0.305 e. The minimum atomic E-state index is -0.257. The molecule has 1 amide bonds. The Hall–Kier alpha value is -1.88. The number of carbonyl (C=O) groups excluding carboxylic acids is 2. The summed E-state index contributed by atoms with van der Waals surface area (Å²) in [5.41, 5.74) is 1.35. The van der Waals surface area contributed by atoms with Crippen LogP contribution in [0.2, 0.25) is 0 Å². The molecular weight excluding hydrogens is 304 g/mol. The van der Waals surface area contributed by atoms with Gasteiger partial charge in [-0.1, -0.05) is 30.3 Å². The molecule has 0 spiro atoms. The Morgan fingerprint density at radius 1 is 1.25 bits per heavy atom. The number of nitrogens with one attached hydrogen (secondary N) is 1. The number of piperidine rings is 1. The van der Waals surface area contributed by atoms with E-state index in [0.717, 1.165) is 38.9 Å². The Morgan fingerprint density at radius 3 is 2.79 bits per heavy atom. The van der Waals surface area contributed by atoms with Crippen LogP contribution < -0.4 is 5.32 Å². The van der Waals surface area contributed by atoms with Gasteiger partial charge in [0.25, 0.3) is 0 Å². The monoisotopic (exact) mass is 332 g/mol. The standard InChI is InChI=1S/C19H28N2O3/c1-24-19(23)11-5-10-18(22)20-17-9-6-13-21(15-17)14-12-16-7-3-2-4-8-16/h2-4,7-8,17H,5-6,9-15H2,1H3,(H,20,22).